The van der Waals surface area contributed by atoms with Gasteiger partial charge in [-0.2, -0.15) is 0 Å². The van der Waals surface area contributed by atoms with E-state index in [0.717, 1.165) is 5.56 Å². The number of ether oxygens (including phenoxy) is 2. The number of amides is 1. The molecule has 1 aromatic heterocycles. The van der Waals surface area contributed by atoms with Gasteiger partial charge in [0.05, 0.1) is 24.5 Å². The number of furan rings is 1. The summed E-state index contributed by atoms with van der Waals surface area (Å²) in [5, 5.41) is 10.6. The molecule has 0 spiro atoms. The molecule has 0 aliphatic carbocycles. The molecule has 1 aliphatic heterocycles. The highest BCUT2D eigenvalue weighted by Gasteiger charge is 2.44. The van der Waals surface area contributed by atoms with E-state index < -0.39 is 23.5 Å². The molecule has 0 bridgehead atoms. The van der Waals surface area contributed by atoms with Crippen molar-refractivity contribution in [2.75, 3.05) is 20.3 Å². The van der Waals surface area contributed by atoms with Gasteiger partial charge in [0.15, 0.2) is 11.5 Å². The Bertz CT molecular complexity index is 1120. The molecule has 3 aromatic rings. The van der Waals surface area contributed by atoms with Gasteiger partial charge in [-0.25, -0.2) is 0 Å². The average molecular weight is 433 g/mol. The van der Waals surface area contributed by atoms with Crippen LogP contribution in [0.15, 0.2) is 88.7 Å². The molecule has 7 heteroatoms. The average Bonchev–Trinajstić information content (AvgIpc) is 3.45. The summed E-state index contributed by atoms with van der Waals surface area (Å²) in [6.45, 7) is 0.830. The van der Waals surface area contributed by atoms with Gasteiger partial charge < -0.3 is 23.9 Å². The van der Waals surface area contributed by atoms with Crippen LogP contribution in [0.3, 0.4) is 0 Å². The first kappa shape index (κ1) is 21.4. The van der Waals surface area contributed by atoms with Crippen molar-refractivity contribution in [3.05, 3.63) is 101 Å². The molecular formula is C25H23NO6. The minimum absolute atomic E-state index is 0.0266. The molecule has 32 heavy (non-hydrogen) atoms. The van der Waals surface area contributed by atoms with E-state index in [9.17, 15) is 14.7 Å². The standard InChI is InChI=1S/C25H23NO6/c1-30-14-12-26-22(21(24(28)25(26)29)23(27)20-11-6-13-31-20)18-9-5-10-19(15-18)32-16-17-7-3-2-4-8-17/h2-11,13,15,22,28H,12,14,16H2,1H3. The van der Waals surface area contributed by atoms with Gasteiger partial charge in [-0.1, -0.05) is 42.5 Å². The zero-order valence-corrected chi connectivity index (χ0v) is 17.6. The summed E-state index contributed by atoms with van der Waals surface area (Å²) in [6, 6.07) is 19.2. The zero-order valence-electron chi connectivity index (χ0n) is 17.6. The summed E-state index contributed by atoms with van der Waals surface area (Å²) in [5.74, 6) is -1.11. The SMILES string of the molecule is COCCN1C(=O)C(O)=C(C(=O)c2ccco2)C1c1cccc(OCc2ccccc2)c1. The number of hydrogen-bond donors (Lipinski definition) is 1. The highest BCUT2D eigenvalue weighted by Crippen LogP contribution is 2.39. The van der Waals surface area contributed by atoms with Crippen LogP contribution in [0.4, 0.5) is 0 Å². The minimum atomic E-state index is -0.796. The Balaban J connectivity index is 1.67. The maximum Gasteiger partial charge on any atom is 0.290 e. The van der Waals surface area contributed by atoms with Crippen molar-refractivity contribution in [1.29, 1.82) is 0 Å². The predicted octanol–water partition coefficient (Wildman–Crippen LogP) is 4.08. The van der Waals surface area contributed by atoms with Crippen LogP contribution in [0.25, 0.3) is 0 Å². The molecule has 0 saturated heterocycles. The predicted molar refractivity (Wildman–Crippen MR) is 116 cm³/mol. The highest BCUT2D eigenvalue weighted by atomic mass is 16.5. The molecule has 2 aromatic carbocycles. The number of benzene rings is 2. The lowest BCUT2D eigenvalue weighted by molar-refractivity contribution is -0.130. The van der Waals surface area contributed by atoms with E-state index in [4.69, 9.17) is 13.9 Å². The molecule has 1 atom stereocenters. The summed E-state index contributed by atoms with van der Waals surface area (Å²) in [4.78, 5) is 27.4. The second-order valence-electron chi connectivity index (χ2n) is 7.31. The van der Waals surface area contributed by atoms with Gasteiger partial charge in [0.2, 0.25) is 5.78 Å². The first-order valence-corrected chi connectivity index (χ1v) is 10.2. The fourth-order valence-corrected chi connectivity index (χ4v) is 3.71. The molecule has 1 amide bonds. The van der Waals surface area contributed by atoms with Crippen molar-refractivity contribution in [1.82, 2.24) is 4.90 Å². The van der Waals surface area contributed by atoms with Gasteiger partial charge in [-0.15, -0.1) is 0 Å². The Kier molecular flexibility index (Phi) is 6.37. The second-order valence-corrected chi connectivity index (χ2v) is 7.31. The van der Waals surface area contributed by atoms with Crippen LogP contribution >= 0.6 is 0 Å². The number of rotatable bonds is 9. The molecule has 0 radical (unpaired) electrons. The van der Waals surface area contributed by atoms with Crippen LogP contribution in [0, 0.1) is 0 Å². The summed E-state index contributed by atoms with van der Waals surface area (Å²) >= 11 is 0. The quantitative estimate of drug-likeness (QED) is 0.512. The molecule has 1 aliphatic rings. The fourth-order valence-electron chi connectivity index (χ4n) is 3.71. The molecule has 0 fully saturated rings. The molecule has 1 N–H and O–H groups in total. The summed E-state index contributed by atoms with van der Waals surface area (Å²) in [5.41, 5.74) is 1.63. The van der Waals surface area contributed by atoms with Crippen molar-refractivity contribution in [3.63, 3.8) is 0 Å². The highest BCUT2D eigenvalue weighted by molar-refractivity contribution is 6.15. The van der Waals surface area contributed by atoms with Gasteiger partial charge in [-0.3, -0.25) is 9.59 Å². The number of hydrogen-bond acceptors (Lipinski definition) is 6. The van der Waals surface area contributed by atoms with Crippen LogP contribution in [-0.4, -0.2) is 42.0 Å². The summed E-state index contributed by atoms with van der Waals surface area (Å²) in [6.07, 6.45) is 1.37. The number of methoxy groups -OCH3 is 1. The van der Waals surface area contributed by atoms with Gasteiger partial charge in [0.1, 0.15) is 12.4 Å². The number of aliphatic hydroxyl groups excluding tert-OH is 1. The molecule has 2 heterocycles. The van der Waals surface area contributed by atoms with Crippen molar-refractivity contribution in [2.24, 2.45) is 0 Å². The van der Waals surface area contributed by atoms with Crippen molar-refractivity contribution < 1.29 is 28.6 Å². The van der Waals surface area contributed by atoms with Gasteiger partial charge in [0, 0.05) is 13.7 Å². The topological polar surface area (TPSA) is 89.2 Å². The Labute approximate surface area is 185 Å². The number of carbonyl (C=O) groups excluding carboxylic acids is 2. The minimum Gasteiger partial charge on any atom is -0.503 e. The van der Waals surface area contributed by atoms with Crippen LogP contribution in [0.2, 0.25) is 0 Å². The third-order valence-electron chi connectivity index (χ3n) is 5.25. The van der Waals surface area contributed by atoms with Gasteiger partial charge in [-0.05, 0) is 35.4 Å². The maximum atomic E-state index is 13.1. The van der Waals surface area contributed by atoms with E-state index in [-0.39, 0.29) is 24.5 Å². The van der Waals surface area contributed by atoms with Crippen LogP contribution in [0.1, 0.15) is 27.7 Å². The van der Waals surface area contributed by atoms with E-state index in [1.165, 1.54) is 24.3 Å². The third-order valence-corrected chi connectivity index (χ3v) is 5.25. The van der Waals surface area contributed by atoms with Crippen LogP contribution in [0.5, 0.6) is 5.75 Å². The van der Waals surface area contributed by atoms with Crippen LogP contribution < -0.4 is 4.74 Å². The second kappa shape index (κ2) is 9.53. The van der Waals surface area contributed by atoms with E-state index in [0.29, 0.717) is 17.9 Å². The Hall–Kier alpha value is -3.84. The lowest BCUT2D eigenvalue weighted by Gasteiger charge is -2.26. The number of Topliss-reactive ketones (excluding diaryl/α,β-unsaturated/α-hetero) is 1. The summed E-state index contributed by atoms with van der Waals surface area (Å²) < 4.78 is 16.3. The number of nitrogens with zero attached hydrogens (tertiary/aromatic N) is 1. The number of aliphatic hydroxyl groups is 1. The number of carbonyl (C=O) groups is 2. The Morgan fingerprint density at radius 1 is 1.09 bits per heavy atom. The third kappa shape index (κ3) is 4.29. The fraction of sp³-hybridized carbons (Fsp3) is 0.200. The van der Waals surface area contributed by atoms with Crippen molar-refractivity contribution in [3.8, 4) is 5.75 Å². The first-order chi connectivity index (χ1) is 15.6. The molecule has 4 rings (SSSR count). The van der Waals surface area contributed by atoms with Crippen molar-refractivity contribution in [2.45, 2.75) is 12.6 Å². The molecule has 7 nitrogen and oxygen atoms in total. The van der Waals surface area contributed by atoms with Gasteiger partial charge in [0.25, 0.3) is 5.91 Å². The van der Waals surface area contributed by atoms with E-state index in [2.05, 4.69) is 0 Å². The lowest BCUT2D eigenvalue weighted by Crippen LogP contribution is -2.34. The first-order valence-electron chi connectivity index (χ1n) is 10.2. The Morgan fingerprint density at radius 2 is 1.91 bits per heavy atom. The molecule has 0 saturated carbocycles. The van der Waals surface area contributed by atoms with Crippen molar-refractivity contribution >= 4 is 11.7 Å². The van der Waals surface area contributed by atoms with E-state index in [1.807, 2.05) is 30.3 Å². The molecular weight excluding hydrogens is 410 g/mol. The largest absolute Gasteiger partial charge is 0.503 e. The molecule has 1 unspecified atom stereocenters. The van der Waals surface area contributed by atoms with Gasteiger partial charge >= 0.3 is 0 Å². The maximum absolute atomic E-state index is 13.1. The Morgan fingerprint density at radius 3 is 2.62 bits per heavy atom. The number of ketones is 1. The monoisotopic (exact) mass is 433 g/mol. The zero-order chi connectivity index (χ0) is 22.5. The van der Waals surface area contributed by atoms with E-state index >= 15 is 0 Å². The lowest BCUT2D eigenvalue weighted by atomic mass is 9.95. The van der Waals surface area contributed by atoms with Crippen LogP contribution in [-0.2, 0) is 16.1 Å². The van der Waals surface area contributed by atoms with E-state index in [1.54, 1.807) is 30.3 Å². The smallest absolute Gasteiger partial charge is 0.290 e. The molecule has 164 valence electrons. The summed E-state index contributed by atoms with van der Waals surface area (Å²) in [7, 11) is 1.52. The normalized spacial score (nSPS) is 16.0.